The summed E-state index contributed by atoms with van der Waals surface area (Å²) in [5, 5.41) is 1.02. The summed E-state index contributed by atoms with van der Waals surface area (Å²) in [6, 6.07) is 13.1. The van der Waals surface area contributed by atoms with E-state index in [2.05, 4.69) is 4.98 Å². The topological polar surface area (TPSA) is 61.2 Å². The van der Waals surface area contributed by atoms with E-state index in [1.54, 1.807) is 16.7 Å². The third-order valence-electron chi connectivity index (χ3n) is 4.18. The first kappa shape index (κ1) is 19.2. The van der Waals surface area contributed by atoms with Crippen LogP contribution >= 0.6 is 11.8 Å². The van der Waals surface area contributed by atoms with Gasteiger partial charge >= 0.3 is 5.97 Å². The van der Waals surface area contributed by atoms with Gasteiger partial charge in [0.25, 0.3) is 5.56 Å². The number of nitrogens with zero attached hydrogens (tertiary/aromatic N) is 2. The number of rotatable bonds is 5. The second-order valence-electron chi connectivity index (χ2n) is 6.65. The van der Waals surface area contributed by atoms with Crippen LogP contribution in [0.4, 0.5) is 0 Å². The van der Waals surface area contributed by atoms with Crippen molar-refractivity contribution in [2.24, 2.45) is 0 Å². The maximum Gasteiger partial charge on any atom is 0.316 e. The molecule has 3 rings (SSSR count). The quantitative estimate of drug-likeness (QED) is 0.378. The largest absolute Gasteiger partial charge is 0.462 e. The van der Waals surface area contributed by atoms with Gasteiger partial charge in [0.1, 0.15) is 0 Å². The molecule has 27 heavy (non-hydrogen) atoms. The highest BCUT2D eigenvalue weighted by molar-refractivity contribution is 7.99. The molecule has 6 heteroatoms. The molecule has 0 aliphatic rings. The van der Waals surface area contributed by atoms with Crippen LogP contribution in [0.25, 0.3) is 16.6 Å². The smallest absolute Gasteiger partial charge is 0.316 e. The predicted octanol–water partition coefficient (Wildman–Crippen LogP) is 4.05. The molecule has 0 radical (unpaired) electrons. The van der Waals surface area contributed by atoms with Gasteiger partial charge in [0.05, 0.1) is 28.4 Å². The molecule has 0 aliphatic carbocycles. The normalized spacial score (nSPS) is 11.1. The molecule has 140 valence electrons. The fourth-order valence-electron chi connectivity index (χ4n) is 2.72. The number of hydrogen-bond donors (Lipinski definition) is 0. The first-order valence-electron chi connectivity index (χ1n) is 8.78. The van der Waals surface area contributed by atoms with Crippen LogP contribution in [0.15, 0.2) is 52.4 Å². The Labute approximate surface area is 162 Å². The van der Waals surface area contributed by atoms with Crippen LogP contribution in [-0.4, -0.2) is 27.4 Å². The maximum absolute atomic E-state index is 13.2. The molecule has 2 aromatic carbocycles. The number of esters is 1. The van der Waals surface area contributed by atoms with Gasteiger partial charge in [-0.3, -0.25) is 14.2 Å². The minimum Gasteiger partial charge on any atom is -0.462 e. The highest BCUT2D eigenvalue weighted by atomic mass is 32.2. The number of benzene rings is 2. The van der Waals surface area contributed by atoms with Crippen molar-refractivity contribution in [3.05, 3.63) is 63.9 Å². The summed E-state index contributed by atoms with van der Waals surface area (Å²) in [6.45, 7) is 7.65. The first-order valence-corrected chi connectivity index (χ1v) is 9.77. The van der Waals surface area contributed by atoms with Crippen molar-refractivity contribution >= 4 is 28.6 Å². The molecule has 0 atom stereocenters. The van der Waals surface area contributed by atoms with E-state index in [-0.39, 0.29) is 23.4 Å². The number of ether oxygens (including phenoxy) is 1. The van der Waals surface area contributed by atoms with Crippen LogP contribution in [0.5, 0.6) is 0 Å². The first-order chi connectivity index (χ1) is 12.9. The van der Waals surface area contributed by atoms with Gasteiger partial charge in [-0.15, -0.1) is 0 Å². The van der Waals surface area contributed by atoms with Crippen LogP contribution in [0.2, 0.25) is 0 Å². The summed E-state index contributed by atoms with van der Waals surface area (Å²) < 4.78 is 6.77. The number of para-hydroxylation sites is 1. The van der Waals surface area contributed by atoms with Crippen molar-refractivity contribution < 1.29 is 9.53 Å². The van der Waals surface area contributed by atoms with Gasteiger partial charge in [0, 0.05) is 0 Å². The Balaban J connectivity index is 2.11. The SMILES string of the molecule is Cc1ccc(-n2c(SCC(=O)OC(C)C)nc3ccccc3c2=O)cc1C. The van der Waals surface area contributed by atoms with Gasteiger partial charge in [-0.1, -0.05) is 30.0 Å². The zero-order valence-electron chi connectivity index (χ0n) is 15.9. The van der Waals surface area contributed by atoms with E-state index >= 15 is 0 Å². The lowest BCUT2D eigenvalue weighted by molar-refractivity contribution is -0.144. The summed E-state index contributed by atoms with van der Waals surface area (Å²) in [4.78, 5) is 29.8. The zero-order chi connectivity index (χ0) is 19.6. The van der Waals surface area contributed by atoms with E-state index in [0.29, 0.717) is 16.1 Å². The minimum absolute atomic E-state index is 0.0911. The molecule has 0 bridgehead atoms. The summed E-state index contributed by atoms with van der Waals surface area (Å²) in [6.07, 6.45) is -0.176. The third kappa shape index (κ3) is 4.22. The van der Waals surface area contributed by atoms with E-state index < -0.39 is 0 Å². The van der Waals surface area contributed by atoms with Gasteiger partial charge in [-0.2, -0.15) is 0 Å². The van der Waals surface area contributed by atoms with Crippen LogP contribution in [0, 0.1) is 13.8 Å². The summed E-state index contributed by atoms with van der Waals surface area (Å²) in [5.41, 5.74) is 3.44. The van der Waals surface area contributed by atoms with Crippen molar-refractivity contribution in [3.63, 3.8) is 0 Å². The number of carbonyl (C=O) groups is 1. The summed E-state index contributed by atoms with van der Waals surface area (Å²) in [5.74, 6) is -0.239. The van der Waals surface area contributed by atoms with Gasteiger partial charge < -0.3 is 4.74 Å². The van der Waals surface area contributed by atoms with Gasteiger partial charge in [-0.25, -0.2) is 4.98 Å². The monoisotopic (exact) mass is 382 g/mol. The second-order valence-corrected chi connectivity index (χ2v) is 7.59. The van der Waals surface area contributed by atoms with E-state index in [9.17, 15) is 9.59 Å². The van der Waals surface area contributed by atoms with Gasteiger partial charge in [0.15, 0.2) is 5.16 Å². The van der Waals surface area contributed by atoms with Crippen LogP contribution in [0.1, 0.15) is 25.0 Å². The Hall–Kier alpha value is -2.60. The Morgan fingerprint density at radius 2 is 1.89 bits per heavy atom. The number of thioether (sulfide) groups is 1. The Morgan fingerprint density at radius 1 is 1.15 bits per heavy atom. The van der Waals surface area contributed by atoms with Crippen molar-refractivity contribution in [1.29, 1.82) is 0 Å². The van der Waals surface area contributed by atoms with Gasteiger partial charge in [0.2, 0.25) is 0 Å². The molecule has 1 aromatic heterocycles. The van der Waals surface area contributed by atoms with E-state index in [0.717, 1.165) is 16.8 Å². The Morgan fingerprint density at radius 3 is 2.59 bits per heavy atom. The number of aryl methyl sites for hydroxylation is 2. The fraction of sp³-hybridized carbons (Fsp3) is 0.286. The Kier molecular flexibility index (Phi) is 5.65. The number of aromatic nitrogens is 2. The Bertz CT molecular complexity index is 1060. The van der Waals surface area contributed by atoms with E-state index in [1.165, 1.54) is 11.8 Å². The van der Waals surface area contributed by atoms with Crippen LogP contribution < -0.4 is 5.56 Å². The molecule has 0 fully saturated rings. The molecule has 0 saturated carbocycles. The molecule has 0 N–H and O–H groups in total. The lowest BCUT2D eigenvalue weighted by Crippen LogP contribution is -2.22. The number of fused-ring (bicyclic) bond motifs is 1. The fourth-order valence-corrected chi connectivity index (χ4v) is 3.52. The van der Waals surface area contributed by atoms with Crippen molar-refractivity contribution in [3.8, 4) is 5.69 Å². The molecular weight excluding hydrogens is 360 g/mol. The maximum atomic E-state index is 13.2. The number of hydrogen-bond acceptors (Lipinski definition) is 5. The number of carbonyl (C=O) groups excluding carboxylic acids is 1. The molecule has 5 nitrogen and oxygen atoms in total. The van der Waals surface area contributed by atoms with Crippen molar-refractivity contribution in [1.82, 2.24) is 9.55 Å². The molecule has 0 saturated heterocycles. The third-order valence-corrected chi connectivity index (χ3v) is 5.09. The van der Waals surface area contributed by atoms with Crippen LogP contribution in [0.3, 0.4) is 0 Å². The zero-order valence-corrected chi connectivity index (χ0v) is 16.7. The van der Waals surface area contributed by atoms with E-state index in [1.807, 2.05) is 58.0 Å². The van der Waals surface area contributed by atoms with E-state index in [4.69, 9.17) is 4.74 Å². The second kappa shape index (κ2) is 7.96. The molecule has 0 unspecified atom stereocenters. The van der Waals surface area contributed by atoms with Crippen LogP contribution in [-0.2, 0) is 9.53 Å². The summed E-state index contributed by atoms with van der Waals surface area (Å²) in [7, 11) is 0. The highest BCUT2D eigenvalue weighted by Gasteiger charge is 2.16. The van der Waals surface area contributed by atoms with Crippen molar-refractivity contribution in [2.75, 3.05) is 5.75 Å². The predicted molar refractivity (Wildman–Crippen MR) is 109 cm³/mol. The molecule has 0 aliphatic heterocycles. The minimum atomic E-state index is -0.330. The molecule has 0 amide bonds. The highest BCUT2D eigenvalue weighted by Crippen LogP contribution is 2.23. The average molecular weight is 382 g/mol. The van der Waals surface area contributed by atoms with Crippen molar-refractivity contribution in [2.45, 2.75) is 39.0 Å². The molecule has 1 heterocycles. The lowest BCUT2D eigenvalue weighted by Gasteiger charge is -2.14. The molecule has 3 aromatic rings. The molecular formula is C21H22N2O3S. The lowest BCUT2D eigenvalue weighted by atomic mass is 10.1. The average Bonchev–Trinajstić information content (AvgIpc) is 2.62. The van der Waals surface area contributed by atoms with Gasteiger partial charge in [-0.05, 0) is 63.1 Å². The standard InChI is InChI=1S/C21H22N2O3S/c1-13(2)26-19(24)12-27-21-22-18-8-6-5-7-17(18)20(25)23(21)16-10-9-14(3)15(4)11-16/h5-11,13H,12H2,1-4H3. The summed E-state index contributed by atoms with van der Waals surface area (Å²) >= 11 is 1.21. The molecule has 0 spiro atoms.